The van der Waals surface area contributed by atoms with Crippen molar-refractivity contribution in [3.8, 4) is 0 Å². The van der Waals surface area contributed by atoms with E-state index in [1.54, 1.807) is 12.3 Å². The molecule has 1 aromatic heterocycles. The molecule has 0 fully saturated rings. The summed E-state index contributed by atoms with van der Waals surface area (Å²) in [7, 11) is 0. The van der Waals surface area contributed by atoms with Crippen LogP contribution < -0.4 is 5.73 Å². The molecule has 1 heterocycles. The maximum Gasteiger partial charge on any atom is 0.107 e. The average molecular weight is 252 g/mol. The molecule has 0 saturated carbocycles. The van der Waals surface area contributed by atoms with Crippen molar-refractivity contribution in [2.45, 2.75) is 0 Å². The molecule has 48 valence electrons. The topological polar surface area (TPSA) is 38.9 Å². The molecular weight excluding hydrogens is 248 g/mol. The van der Waals surface area contributed by atoms with Crippen LogP contribution in [0.3, 0.4) is 0 Å². The summed E-state index contributed by atoms with van der Waals surface area (Å²) in [6.07, 6.45) is 1.59. The quantitative estimate of drug-likeness (QED) is 0.718. The first-order chi connectivity index (χ1) is 4.20. The van der Waals surface area contributed by atoms with Gasteiger partial charge in [-0.25, -0.2) is 4.98 Å². The minimum absolute atomic E-state index is 0.651. The van der Waals surface area contributed by atoms with Crippen molar-refractivity contribution in [1.29, 1.82) is 0 Å². The molecule has 0 aliphatic rings. The molecule has 2 nitrogen and oxygen atoms in total. The van der Waals surface area contributed by atoms with Crippen molar-refractivity contribution < 1.29 is 0 Å². The van der Waals surface area contributed by atoms with E-state index in [4.69, 9.17) is 5.73 Å². The lowest BCUT2D eigenvalue weighted by atomic mass is 10.4. The van der Waals surface area contributed by atoms with Gasteiger partial charge in [0.15, 0.2) is 0 Å². The van der Waals surface area contributed by atoms with Crippen molar-refractivity contribution in [2.24, 2.45) is 0 Å². The van der Waals surface area contributed by atoms with Gasteiger partial charge in [0.2, 0.25) is 0 Å². The highest BCUT2D eigenvalue weighted by molar-refractivity contribution is 9.11. The summed E-state index contributed by atoms with van der Waals surface area (Å²) in [5.74, 6) is 0. The maximum absolute atomic E-state index is 5.46. The van der Waals surface area contributed by atoms with Gasteiger partial charge in [-0.2, -0.15) is 0 Å². The predicted molar refractivity (Wildman–Crippen MR) is 44.0 cm³/mol. The van der Waals surface area contributed by atoms with Crippen LogP contribution in [-0.4, -0.2) is 4.98 Å². The summed E-state index contributed by atoms with van der Waals surface area (Å²) in [6.45, 7) is 0. The summed E-state index contributed by atoms with van der Waals surface area (Å²) in [6, 6.07) is 1.80. The Labute approximate surface area is 69.7 Å². The van der Waals surface area contributed by atoms with E-state index in [1.807, 2.05) is 0 Å². The van der Waals surface area contributed by atoms with Gasteiger partial charge in [-0.15, -0.1) is 0 Å². The largest absolute Gasteiger partial charge is 0.397 e. The van der Waals surface area contributed by atoms with Crippen LogP contribution in [0.15, 0.2) is 21.3 Å². The van der Waals surface area contributed by atoms with Gasteiger partial charge in [0.1, 0.15) is 4.60 Å². The van der Waals surface area contributed by atoms with Crippen molar-refractivity contribution in [2.75, 3.05) is 5.73 Å². The van der Waals surface area contributed by atoms with Gasteiger partial charge < -0.3 is 5.73 Å². The van der Waals surface area contributed by atoms with E-state index in [0.717, 1.165) is 9.08 Å². The molecule has 9 heavy (non-hydrogen) atoms. The van der Waals surface area contributed by atoms with Gasteiger partial charge >= 0.3 is 0 Å². The third kappa shape index (κ3) is 1.66. The molecule has 0 unspecified atom stereocenters. The molecule has 0 amide bonds. The molecule has 0 atom stereocenters. The number of halogens is 2. The number of nitrogen functional groups attached to an aromatic ring is 1. The minimum Gasteiger partial charge on any atom is -0.397 e. The molecule has 1 rings (SSSR count). The van der Waals surface area contributed by atoms with E-state index in [0.29, 0.717) is 5.69 Å². The highest BCUT2D eigenvalue weighted by Gasteiger charge is 1.94. The SMILES string of the molecule is Nc1cnc(Br)cc1Br. The van der Waals surface area contributed by atoms with E-state index in [-0.39, 0.29) is 0 Å². The zero-order valence-electron chi connectivity index (χ0n) is 4.44. The second-order valence-corrected chi connectivity index (χ2v) is 3.20. The number of hydrogen-bond donors (Lipinski definition) is 1. The zero-order valence-corrected chi connectivity index (χ0v) is 7.61. The van der Waals surface area contributed by atoms with Crippen LogP contribution in [-0.2, 0) is 0 Å². The lowest BCUT2D eigenvalue weighted by molar-refractivity contribution is 1.27. The third-order valence-corrected chi connectivity index (χ3v) is 1.97. The smallest absolute Gasteiger partial charge is 0.107 e. The Hall–Kier alpha value is -0.0900. The van der Waals surface area contributed by atoms with E-state index >= 15 is 0 Å². The van der Waals surface area contributed by atoms with Crippen molar-refractivity contribution in [3.63, 3.8) is 0 Å². The van der Waals surface area contributed by atoms with Crippen LogP contribution in [0, 0.1) is 0 Å². The van der Waals surface area contributed by atoms with Crippen LogP contribution in [0.5, 0.6) is 0 Å². The van der Waals surface area contributed by atoms with E-state index < -0.39 is 0 Å². The van der Waals surface area contributed by atoms with Crippen LogP contribution in [0.4, 0.5) is 5.69 Å². The fourth-order valence-corrected chi connectivity index (χ4v) is 1.38. The summed E-state index contributed by atoms with van der Waals surface area (Å²) in [4.78, 5) is 3.90. The Bertz CT molecular complexity index is 224. The molecule has 2 N–H and O–H groups in total. The number of nitrogens with two attached hydrogens (primary N) is 1. The first kappa shape index (κ1) is 7.02. The summed E-state index contributed by atoms with van der Waals surface area (Å²) >= 11 is 6.45. The van der Waals surface area contributed by atoms with Gasteiger partial charge in [-0.1, -0.05) is 0 Å². The second kappa shape index (κ2) is 2.66. The number of nitrogens with zero attached hydrogens (tertiary/aromatic N) is 1. The molecule has 0 spiro atoms. The Kier molecular flexibility index (Phi) is 2.08. The summed E-state index contributed by atoms with van der Waals surface area (Å²) in [5, 5.41) is 0. The van der Waals surface area contributed by atoms with Crippen LogP contribution in [0.1, 0.15) is 0 Å². The van der Waals surface area contributed by atoms with Gasteiger partial charge in [0.25, 0.3) is 0 Å². The lowest BCUT2D eigenvalue weighted by Crippen LogP contribution is -1.87. The van der Waals surface area contributed by atoms with Gasteiger partial charge in [0, 0.05) is 4.47 Å². The Morgan fingerprint density at radius 1 is 1.44 bits per heavy atom. The summed E-state index contributed by atoms with van der Waals surface area (Å²) in [5.41, 5.74) is 6.11. The van der Waals surface area contributed by atoms with Crippen LogP contribution >= 0.6 is 31.9 Å². The Balaban J connectivity index is 3.17. The summed E-state index contributed by atoms with van der Waals surface area (Å²) < 4.78 is 1.65. The molecule has 0 saturated heterocycles. The second-order valence-electron chi connectivity index (χ2n) is 1.53. The molecule has 0 bridgehead atoms. The van der Waals surface area contributed by atoms with Gasteiger partial charge in [0.05, 0.1) is 11.9 Å². The maximum atomic E-state index is 5.46. The standard InChI is InChI=1S/C5H4Br2N2/c6-3-1-5(7)9-2-4(3)8/h1-2H,8H2. The molecule has 0 aliphatic heterocycles. The number of rotatable bonds is 0. The van der Waals surface area contributed by atoms with E-state index in [1.165, 1.54) is 0 Å². The van der Waals surface area contributed by atoms with Gasteiger partial charge in [-0.05, 0) is 37.9 Å². The van der Waals surface area contributed by atoms with Gasteiger partial charge in [-0.3, -0.25) is 0 Å². The highest BCUT2D eigenvalue weighted by Crippen LogP contribution is 2.20. The molecule has 1 aromatic rings. The number of aromatic nitrogens is 1. The van der Waals surface area contributed by atoms with E-state index in [9.17, 15) is 0 Å². The average Bonchev–Trinajstić information content (AvgIpc) is 1.80. The number of hydrogen-bond acceptors (Lipinski definition) is 2. The fraction of sp³-hybridized carbons (Fsp3) is 0. The normalized spacial score (nSPS) is 9.56. The number of anilines is 1. The van der Waals surface area contributed by atoms with Crippen molar-refractivity contribution >= 4 is 37.5 Å². The molecule has 0 aliphatic carbocycles. The molecule has 0 radical (unpaired) electrons. The van der Waals surface area contributed by atoms with Crippen LogP contribution in [0.2, 0.25) is 0 Å². The van der Waals surface area contributed by atoms with E-state index in [2.05, 4.69) is 36.8 Å². The highest BCUT2D eigenvalue weighted by atomic mass is 79.9. The fourth-order valence-electron chi connectivity index (χ4n) is 0.418. The Morgan fingerprint density at radius 3 is 2.56 bits per heavy atom. The third-order valence-electron chi connectivity index (χ3n) is 0.849. The zero-order chi connectivity index (χ0) is 6.85. The Morgan fingerprint density at radius 2 is 2.11 bits per heavy atom. The number of pyridine rings is 1. The molecular formula is C5H4Br2N2. The first-order valence-electron chi connectivity index (χ1n) is 2.26. The lowest BCUT2D eigenvalue weighted by Gasteiger charge is -1.94. The van der Waals surface area contributed by atoms with Crippen molar-refractivity contribution in [1.82, 2.24) is 4.98 Å². The van der Waals surface area contributed by atoms with Crippen LogP contribution in [0.25, 0.3) is 0 Å². The first-order valence-corrected chi connectivity index (χ1v) is 3.85. The minimum atomic E-state index is 0.651. The molecule has 0 aromatic carbocycles. The monoisotopic (exact) mass is 250 g/mol. The molecule has 4 heteroatoms. The predicted octanol–water partition coefficient (Wildman–Crippen LogP) is 2.19. The van der Waals surface area contributed by atoms with Crippen molar-refractivity contribution in [3.05, 3.63) is 21.3 Å².